The number of hydrogen-bond acceptors (Lipinski definition) is 4. The molecule has 236 valence electrons. The second-order valence-corrected chi connectivity index (χ2v) is 14.6. The van der Waals surface area contributed by atoms with Crippen molar-refractivity contribution < 1.29 is 18.0 Å². The number of halogens is 1. The van der Waals surface area contributed by atoms with Crippen molar-refractivity contribution in [3.63, 3.8) is 0 Å². The number of benzene rings is 4. The fraction of sp³-hybridized carbons (Fsp3) is 0.278. The molecule has 0 bridgehead atoms. The van der Waals surface area contributed by atoms with Crippen molar-refractivity contribution >= 4 is 39.1 Å². The van der Waals surface area contributed by atoms with Crippen LogP contribution in [0.5, 0.6) is 0 Å². The molecule has 0 spiro atoms. The topological polar surface area (TPSA) is 86.8 Å². The van der Waals surface area contributed by atoms with Gasteiger partial charge in [-0.25, -0.2) is 8.42 Å². The first-order valence-corrected chi connectivity index (χ1v) is 16.6. The number of sulfonamides is 1. The van der Waals surface area contributed by atoms with Crippen LogP contribution in [0.25, 0.3) is 0 Å². The van der Waals surface area contributed by atoms with E-state index in [2.05, 4.69) is 5.32 Å². The van der Waals surface area contributed by atoms with Gasteiger partial charge in [-0.3, -0.25) is 13.9 Å². The van der Waals surface area contributed by atoms with Crippen LogP contribution in [-0.2, 0) is 32.6 Å². The Morgan fingerprint density at radius 2 is 1.33 bits per heavy atom. The smallest absolute Gasteiger partial charge is 0.264 e. The van der Waals surface area contributed by atoms with Gasteiger partial charge in [0.25, 0.3) is 10.0 Å². The largest absolute Gasteiger partial charge is 0.350 e. The summed E-state index contributed by atoms with van der Waals surface area (Å²) >= 11 is 6.06. The lowest BCUT2D eigenvalue weighted by Crippen LogP contribution is -2.56. The van der Waals surface area contributed by atoms with Gasteiger partial charge in [-0.15, -0.1) is 0 Å². The standard InChI is InChI=1S/C36H40ClN3O4S/c1-26-11-15-29(16-12-26)24-39(33(35(42)38-36(3,4)5)23-28-9-7-6-8-10-28)34(41)25-40(31-19-13-27(2)14-20-31)45(43,44)32-21-17-30(37)18-22-32/h6-22,33H,23-25H2,1-5H3,(H,38,42)/t33-/m1/s1. The first-order valence-electron chi connectivity index (χ1n) is 14.8. The minimum absolute atomic E-state index is 0.00308. The monoisotopic (exact) mass is 645 g/mol. The molecule has 0 aliphatic heterocycles. The van der Waals surface area contributed by atoms with Crippen LogP contribution in [0, 0.1) is 13.8 Å². The zero-order valence-corrected chi connectivity index (χ0v) is 27.9. The molecular formula is C36H40ClN3O4S. The molecule has 4 aromatic carbocycles. The van der Waals surface area contributed by atoms with Gasteiger partial charge in [-0.05, 0) is 82.1 Å². The number of amides is 2. The highest BCUT2D eigenvalue weighted by atomic mass is 35.5. The molecule has 0 aliphatic rings. The molecule has 0 heterocycles. The number of nitrogens with zero attached hydrogens (tertiary/aromatic N) is 2. The van der Waals surface area contributed by atoms with E-state index >= 15 is 0 Å². The summed E-state index contributed by atoms with van der Waals surface area (Å²) in [5.41, 5.74) is 3.46. The van der Waals surface area contributed by atoms with Crippen molar-refractivity contribution in [2.24, 2.45) is 0 Å². The van der Waals surface area contributed by atoms with Crippen LogP contribution in [-0.4, -0.2) is 43.3 Å². The predicted octanol–water partition coefficient (Wildman–Crippen LogP) is 6.71. The third-order valence-electron chi connectivity index (χ3n) is 7.25. The van der Waals surface area contributed by atoms with Crippen molar-refractivity contribution in [2.75, 3.05) is 10.8 Å². The van der Waals surface area contributed by atoms with Gasteiger partial charge < -0.3 is 10.2 Å². The van der Waals surface area contributed by atoms with E-state index in [-0.39, 0.29) is 23.8 Å². The maximum absolute atomic E-state index is 14.5. The minimum atomic E-state index is -4.20. The minimum Gasteiger partial charge on any atom is -0.350 e. The summed E-state index contributed by atoms with van der Waals surface area (Å²) < 4.78 is 29.3. The molecule has 0 saturated heterocycles. The summed E-state index contributed by atoms with van der Waals surface area (Å²) in [6.45, 7) is 9.11. The summed E-state index contributed by atoms with van der Waals surface area (Å²) in [4.78, 5) is 30.0. The Kier molecular flexibility index (Phi) is 10.7. The Morgan fingerprint density at radius 1 is 0.778 bits per heavy atom. The summed E-state index contributed by atoms with van der Waals surface area (Å²) in [6, 6.07) is 29.1. The average Bonchev–Trinajstić information content (AvgIpc) is 2.99. The van der Waals surface area contributed by atoms with E-state index < -0.39 is 34.1 Å². The molecule has 0 aliphatic carbocycles. The molecule has 9 heteroatoms. The van der Waals surface area contributed by atoms with Gasteiger partial charge >= 0.3 is 0 Å². The van der Waals surface area contributed by atoms with Crippen molar-refractivity contribution in [1.29, 1.82) is 0 Å². The number of rotatable bonds is 11. The van der Waals surface area contributed by atoms with E-state index in [9.17, 15) is 18.0 Å². The van der Waals surface area contributed by atoms with Gasteiger partial charge in [-0.2, -0.15) is 0 Å². The molecule has 45 heavy (non-hydrogen) atoms. The third kappa shape index (κ3) is 9.19. The normalized spacial score (nSPS) is 12.3. The number of hydrogen-bond donors (Lipinski definition) is 1. The maximum Gasteiger partial charge on any atom is 0.264 e. The van der Waals surface area contributed by atoms with Gasteiger partial charge in [-0.1, -0.05) is 89.5 Å². The highest BCUT2D eigenvalue weighted by molar-refractivity contribution is 7.92. The van der Waals surface area contributed by atoms with Crippen LogP contribution in [0.1, 0.15) is 43.0 Å². The van der Waals surface area contributed by atoms with Crippen LogP contribution >= 0.6 is 11.6 Å². The molecule has 2 amide bonds. The summed E-state index contributed by atoms with van der Waals surface area (Å²) in [5, 5.41) is 3.44. The number of aryl methyl sites for hydroxylation is 2. The number of carbonyl (C=O) groups is 2. The molecule has 7 nitrogen and oxygen atoms in total. The molecule has 0 radical (unpaired) electrons. The Hall–Kier alpha value is -4.14. The van der Waals surface area contributed by atoms with Gasteiger partial charge in [0.1, 0.15) is 12.6 Å². The van der Waals surface area contributed by atoms with E-state index in [4.69, 9.17) is 11.6 Å². The third-order valence-corrected chi connectivity index (χ3v) is 9.29. The Bertz CT molecular complexity index is 1700. The van der Waals surface area contributed by atoms with Gasteiger partial charge in [0, 0.05) is 23.5 Å². The van der Waals surface area contributed by atoms with E-state index in [0.29, 0.717) is 10.7 Å². The molecule has 4 rings (SSSR count). The quantitative estimate of drug-likeness (QED) is 0.197. The summed E-state index contributed by atoms with van der Waals surface area (Å²) in [5.74, 6) is -0.840. The molecule has 4 aromatic rings. The molecule has 0 aromatic heterocycles. The van der Waals surface area contributed by atoms with Crippen LogP contribution in [0.3, 0.4) is 0 Å². The summed E-state index contributed by atoms with van der Waals surface area (Å²) in [7, 11) is -4.20. The van der Waals surface area contributed by atoms with Crippen LogP contribution in [0.15, 0.2) is 108 Å². The lowest BCUT2D eigenvalue weighted by molar-refractivity contribution is -0.140. The van der Waals surface area contributed by atoms with Crippen LogP contribution in [0.2, 0.25) is 5.02 Å². The van der Waals surface area contributed by atoms with E-state index in [1.165, 1.54) is 29.2 Å². The first-order chi connectivity index (χ1) is 21.2. The van der Waals surface area contributed by atoms with Crippen molar-refractivity contribution in [1.82, 2.24) is 10.2 Å². The zero-order chi connectivity index (χ0) is 32.8. The first kappa shape index (κ1) is 33.7. The number of nitrogens with one attached hydrogen (secondary N) is 1. The fourth-order valence-corrected chi connectivity index (χ4v) is 6.41. The fourth-order valence-electron chi connectivity index (χ4n) is 4.87. The Labute approximate surface area is 271 Å². The van der Waals surface area contributed by atoms with Crippen LogP contribution < -0.4 is 9.62 Å². The molecule has 1 atom stereocenters. The lowest BCUT2D eigenvalue weighted by atomic mass is 10.0. The molecule has 0 fully saturated rings. The summed E-state index contributed by atoms with van der Waals surface area (Å²) in [6.07, 6.45) is 0.245. The van der Waals surface area contributed by atoms with Crippen molar-refractivity contribution in [3.05, 3.63) is 130 Å². The van der Waals surface area contributed by atoms with E-state index in [0.717, 1.165) is 26.6 Å². The second-order valence-electron chi connectivity index (χ2n) is 12.3. The van der Waals surface area contributed by atoms with Gasteiger partial charge in [0.2, 0.25) is 11.8 Å². The van der Waals surface area contributed by atoms with Crippen molar-refractivity contribution in [2.45, 2.75) is 64.1 Å². The Morgan fingerprint density at radius 3 is 1.89 bits per heavy atom. The second kappa shape index (κ2) is 14.3. The number of anilines is 1. The zero-order valence-electron chi connectivity index (χ0n) is 26.3. The highest BCUT2D eigenvalue weighted by Gasteiger charge is 2.35. The molecular weight excluding hydrogens is 606 g/mol. The van der Waals surface area contributed by atoms with Gasteiger partial charge in [0.15, 0.2) is 0 Å². The highest BCUT2D eigenvalue weighted by Crippen LogP contribution is 2.26. The SMILES string of the molecule is Cc1ccc(CN(C(=O)CN(c2ccc(C)cc2)S(=O)(=O)c2ccc(Cl)cc2)[C@H](Cc2ccccc2)C(=O)NC(C)(C)C)cc1. The van der Waals surface area contributed by atoms with E-state index in [1.54, 1.807) is 24.3 Å². The average molecular weight is 646 g/mol. The molecule has 1 N–H and O–H groups in total. The maximum atomic E-state index is 14.5. The molecule has 0 unspecified atom stereocenters. The van der Waals surface area contributed by atoms with E-state index in [1.807, 2.05) is 89.2 Å². The molecule has 0 saturated carbocycles. The number of carbonyl (C=O) groups excluding carboxylic acids is 2. The van der Waals surface area contributed by atoms with Crippen LogP contribution in [0.4, 0.5) is 5.69 Å². The predicted molar refractivity (Wildman–Crippen MR) is 181 cm³/mol. The lowest BCUT2D eigenvalue weighted by Gasteiger charge is -2.35. The van der Waals surface area contributed by atoms with Crippen molar-refractivity contribution in [3.8, 4) is 0 Å². The van der Waals surface area contributed by atoms with Gasteiger partial charge in [0.05, 0.1) is 10.6 Å². The Balaban J connectivity index is 1.81.